The van der Waals surface area contributed by atoms with Crippen molar-refractivity contribution < 1.29 is 9.53 Å². The van der Waals surface area contributed by atoms with Crippen molar-refractivity contribution >= 4 is 37.8 Å². The van der Waals surface area contributed by atoms with Crippen LogP contribution in [0.1, 0.15) is 0 Å². The number of alkyl halides is 1. The third kappa shape index (κ3) is 2.95. The van der Waals surface area contributed by atoms with E-state index in [2.05, 4.69) is 31.9 Å². The van der Waals surface area contributed by atoms with E-state index >= 15 is 0 Å². The standard InChI is InChI=1S/C8H6Br2O2/c9-5-8(11)12-7-3-1-6(10)2-4-7/h1-4H,5H2. The molecule has 0 saturated carbocycles. The van der Waals surface area contributed by atoms with Crippen molar-refractivity contribution in [2.45, 2.75) is 0 Å². The first-order valence-electron chi connectivity index (χ1n) is 3.24. The van der Waals surface area contributed by atoms with E-state index in [-0.39, 0.29) is 11.3 Å². The van der Waals surface area contributed by atoms with E-state index in [0.717, 1.165) is 4.47 Å². The first kappa shape index (κ1) is 9.74. The number of hydrogen-bond donors (Lipinski definition) is 0. The lowest BCUT2D eigenvalue weighted by molar-refractivity contribution is -0.131. The molecular formula is C8H6Br2O2. The lowest BCUT2D eigenvalue weighted by Gasteiger charge is -2.00. The van der Waals surface area contributed by atoms with Crippen LogP contribution in [-0.4, -0.2) is 11.3 Å². The summed E-state index contributed by atoms with van der Waals surface area (Å²) in [4.78, 5) is 10.8. The molecule has 4 heteroatoms. The van der Waals surface area contributed by atoms with Crippen LogP contribution in [0.25, 0.3) is 0 Å². The molecule has 1 rings (SSSR count). The Labute approximate surface area is 87.2 Å². The van der Waals surface area contributed by atoms with Crippen LogP contribution in [0.2, 0.25) is 0 Å². The van der Waals surface area contributed by atoms with Gasteiger partial charge in [-0.25, -0.2) is 0 Å². The summed E-state index contributed by atoms with van der Waals surface area (Å²) >= 11 is 6.28. The van der Waals surface area contributed by atoms with Crippen LogP contribution < -0.4 is 4.74 Å². The fourth-order valence-electron chi connectivity index (χ4n) is 0.661. The molecule has 0 unspecified atom stereocenters. The highest BCUT2D eigenvalue weighted by Gasteiger charge is 2.00. The fraction of sp³-hybridized carbons (Fsp3) is 0.125. The van der Waals surface area contributed by atoms with Gasteiger partial charge in [-0.3, -0.25) is 4.79 Å². The molecule has 1 aromatic rings. The number of esters is 1. The predicted molar refractivity (Wildman–Crippen MR) is 53.6 cm³/mol. The van der Waals surface area contributed by atoms with Crippen LogP contribution in [0.5, 0.6) is 5.75 Å². The van der Waals surface area contributed by atoms with E-state index in [1.807, 2.05) is 12.1 Å². The van der Waals surface area contributed by atoms with Gasteiger partial charge in [0.1, 0.15) is 11.1 Å². The third-order valence-corrected chi connectivity index (χ3v) is 2.14. The molecule has 0 spiro atoms. The number of hydrogen-bond acceptors (Lipinski definition) is 2. The van der Waals surface area contributed by atoms with Gasteiger partial charge in [0.05, 0.1) is 0 Å². The Kier molecular flexibility index (Phi) is 3.75. The summed E-state index contributed by atoms with van der Waals surface area (Å²) in [7, 11) is 0. The lowest BCUT2D eigenvalue weighted by Crippen LogP contribution is -2.08. The van der Waals surface area contributed by atoms with Crippen LogP contribution >= 0.6 is 31.9 Å². The zero-order valence-corrected chi connectivity index (χ0v) is 9.26. The Morgan fingerprint density at radius 3 is 2.42 bits per heavy atom. The topological polar surface area (TPSA) is 26.3 Å². The fourth-order valence-corrected chi connectivity index (χ4v) is 1.04. The molecule has 0 aliphatic carbocycles. The smallest absolute Gasteiger partial charge is 0.321 e. The summed E-state index contributed by atoms with van der Waals surface area (Å²) in [6.45, 7) is 0. The van der Waals surface area contributed by atoms with Gasteiger partial charge in [0.15, 0.2) is 0 Å². The van der Waals surface area contributed by atoms with Gasteiger partial charge in [0, 0.05) is 4.47 Å². The lowest BCUT2D eigenvalue weighted by atomic mass is 10.3. The van der Waals surface area contributed by atoms with Crippen LogP contribution in [0.3, 0.4) is 0 Å². The maximum Gasteiger partial charge on any atom is 0.321 e. The zero-order valence-electron chi connectivity index (χ0n) is 6.09. The summed E-state index contributed by atoms with van der Waals surface area (Å²) in [5, 5.41) is 0.211. The van der Waals surface area contributed by atoms with Gasteiger partial charge in [-0.1, -0.05) is 31.9 Å². The summed E-state index contributed by atoms with van der Waals surface area (Å²) in [6.07, 6.45) is 0. The van der Waals surface area contributed by atoms with Gasteiger partial charge in [0.25, 0.3) is 0 Å². The van der Waals surface area contributed by atoms with Gasteiger partial charge in [-0.2, -0.15) is 0 Å². The molecule has 0 aliphatic rings. The summed E-state index contributed by atoms with van der Waals surface area (Å²) in [5.41, 5.74) is 0. The van der Waals surface area contributed by atoms with E-state index in [4.69, 9.17) is 4.74 Å². The van der Waals surface area contributed by atoms with Gasteiger partial charge < -0.3 is 4.74 Å². The maximum absolute atomic E-state index is 10.8. The Morgan fingerprint density at radius 2 is 1.92 bits per heavy atom. The van der Waals surface area contributed by atoms with Crippen LogP contribution in [0.4, 0.5) is 0 Å². The highest BCUT2D eigenvalue weighted by atomic mass is 79.9. The molecule has 0 N–H and O–H groups in total. The number of rotatable bonds is 2. The summed E-state index contributed by atoms with van der Waals surface area (Å²) in [6, 6.07) is 7.09. The monoisotopic (exact) mass is 292 g/mol. The molecule has 0 saturated heterocycles. The van der Waals surface area contributed by atoms with Crippen LogP contribution in [0.15, 0.2) is 28.7 Å². The Bertz CT molecular complexity index is 269. The van der Waals surface area contributed by atoms with E-state index < -0.39 is 0 Å². The minimum absolute atomic E-state index is 0.211. The molecular weight excluding hydrogens is 288 g/mol. The molecule has 0 heterocycles. The van der Waals surface area contributed by atoms with Crippen molar-refractivity contribution in [2.75, 3.05) is 5.33 Å². The Balaban J connectivity index is 2.64. The zero-order chi connectivity index (χ0) is 8.97. The number of halogens is 2. The van der Waals surface area contributed by atoms with Crippen molar-refractivity contribution in [3.63, 3.8) is 0 Å². The minimum atomic E-state index is -0.294. The SMILES string of the molecule is O=C(CBr)Oc1ccc(Br)cc1. The number of carbonyl (C=O) groups excluding carboxylic acids is 1. The van der Waals surface area contributed by atoms with Crippen molar-refractivity contribution in [1.82, 2.24) is 0 Å². The predicted octanol–water partition coefficient (Wildman–Crippen LogP) is 2.75. The highest BCUT2D eigenvalue weighted by Crippen LogP contribution is 2.16. The molecule has 64 valence electrons. The molecule has 0 aromatic heterocycles. The van der Waals surface area contributed by atoms with E-state index in [1.54, 1.807) is 12.1 Å². The van der Waals surface area contributed by atoms with E-state index in [9.17, 15) is 4.79 Å². The molecule has 2 nitrogen and oxygen atoms in total. The minimum Gasteiger partial charge on any atom is -0.426 e. The first-order chi connectivity index (χ1) is 5.72. The summed E-state index contributed by atoms with van der Waals surface area (Å²) in [5.74, 6) is 0.264. The molecule has 1 aromatic carbocycles. The normalized spacial score (nSPS) is 9.50. The molecule has 0 radical (unpaired) electrons. The van der Waals surface area contributed by atoms with Gasteiger partial charge in [-0.05, 0) is 24.3 Å². The highest BCUT2D eigenvalue weighted by molar-refractivity contribution is 9.10. The second-order valence-corrected chi connectivity index (χ2v) is 3.54. The van der Waals surface area contributed by atoms with E-state index in [1.165, 1.54) is 0 Å². The maximum atomic E-state index is 10.8. The van der Waals surface area contributed by atoms with Crippen molar-refractivity contribution in [3.05, 3.63) is 28.7 Å². The van der Waals surface area contributed by atoms with Gasteiger partial charge >= 0.3 is 5.97 Å². The van der Waals surface area contributed by atoms with Crippen molar-refractivity contribution in [1.29, 1.82) is 0 Å². The summed E-state index contributed by atoms with van der Waals surface area (Å²) < 4.78 is 5.87. The third-order valence-electron chi connectivity index (χ3n) is 1.15. The van der Waals surface area contributed by atoms with Crippen molar-refractivity contribution in [2.24, 2.45) is 0 Å². The molecule has 0 bridgehead atoms. The first-order valence-corrected chi connectivity index (χ1v) is 5.16. The molecule has 0 aliphatic heterocycles. The number of benzene rings is 1. The average molecular weight is 294 g/mol. The number of carbonyl (C=O) groups is 1. The molecule has 0 atom stereocenters. The average Bonchev–Trinajstić information content (AvgIpc) is 2.09. The molecule has 12 heavy (non-hydrogen) atoms. The Hall–Kier alpha value is -0.350. The largest absolute Gasteiger partial charge is 0.426 e. The Morgan fingerprint density at radius 1 is 1.33 bits per heavy atom. The molecule has 0 fully saturated rings. The van der Waals surface area contributed by atoms with Gasteiger partial charge in [0.2, 0.25) is 0 Å². The van der Waals surface area contributed by atoms with E-state index in [0.29, 0.717) is 5.75 Å². The quantitative estimate of drug-likeness (QED) is 0.476. The van der Waals surface area contributed by atoms with Crippen LogP contribution in [0, 0.1) is 0 Å². The van der Waals surface area contributed by atoms with Crippen molar-refractivity contribution in [3.8, 4) is 5.75 Å². The molecule has 0 amide bonds. The second kappa shape index (κ2) is 4.62. The second-order valence-electron chi connectivity index (χ2n) is 2.06. The van der Waals surface area contributed by atoms with Crippen LogP contribution in [-0.2, 0) is 4.79 Å². The number of ether oxygens (including phenoxy) is 1. The van der Waals surface area contributed by atoms with Gasteiger partial charge in [-0.15, -0.1) is 0 Å².